The monoisotopic (exact) mass is 190 g/mol. The van der Waals surface area contributed by atoms with E-state index < -0.39 is 10.1 Å². The highest BCUT2D eigenvalue weighted by Gasteiger charge is 1.97. The first-order valence-electron chi connectivity index (χ1n) is 3.72. The van der Waals surface area contributed by atoms with E-state index >= 15 is 0 Å². The standard InChI is InChI=1S/C8H14O3S/c1-8(2)6-4-5-7-11-12(3,9)10/h8H,6-7H2,1-3H3. The van der Waals surface area contributed by atoms with Crippen LogP contribution in [-0.4, -0.2) is 21.3 Å². The molecule has 70 valence electrons. The summed E-state index contributed by atoms with van der Waals surface area (Å²) in [5.74, 6) is 5.95. The Bertz CT molecular complexity index is 266. The Balaban J connectivity index is 3.61. The van der Waals surface area contributed by atoms with Crippen LogP contribution in [0.4, 0.5) is 0 Å². The summed E-state index contributed by atoms with van der Waals surface area (Å²) in [6, 6.07) is 0. The van der Waals surface area contributed by atoms with E-state index in [4.69, 9.17) is 0 Å². The van der Waals surface area contributed by atoms with Crippen LogP contribution in [-0.2, 0) is 14.3 Å². The molecule has 0 aromatic rings. The Labute approximate surface area is 74.2 Å². The third-order valence-electron chi connectivity index (χ3n) is 0.980. The summed E-state index contributed by atoms with van der Waals surface area (Å²) in [5.41, 5.74) is 0. The maximum atomic E-state index is 10.4. The van der Waals surface area contributed by atoms with Crippen LogP contribution < -0.4 is 0 Å². The average Bonchev–Trinajstić information content (AvgIpc) is 1.83. The average molecular weight is 190 g/mol. The molecule has 0 aliphatic rings. The van der Waals surface area contributed by atoms with E-state index in [0.29, 0.717) is 5.92 Å². The molecule has 0 unspecified atom stereocenters. The molecule has 0 bridgehead atoms. The molecule has 3 nitrogen and oxygen atoms in total. The minimum atomic E-state index is -3.33. The van der Waals surface area contributed by atoms with Crippen molar-refractivity contribution in [3.8, 4) is 11.8 Å². The Morgan fingerprint density at radius 2 is 1.92 bits per heavy atom. The van der Waals surface area contributed by atoms with Crippen molar-refractivity contribution in [2.45, 2.75) is 20.3 Å². The van der Waals surface area contributed by atoms with Crippen LogP contribution in [0.3, 0.4) is 0 Å². The highest BCUT2D eigenvalue weighted by atomic mass is 32.2. The Kier molecular flexibility index (Phi) is 4.95. The lowest BCUT2D eigenvalue weighted by Crippen LogP contribution is -2.02. The quantitative estimate of drug-likeness (QED) is 0.493. The molecule has 0 aliphatic heterocycles. The topological polar surface area (TPSA) is 43.4 Å². The highest BCUT2D eigenvalue weighted by molar-refractivity contribution is 7.85. The fraction of sp³-hybridized carbons (Fsp3) is 0.750. The molecule has 0 amide bonds. The number of hydrogen-bond acceptors (Lipinski definition) is 3. The number of hydrogen-bond donors (Lipinski definition) is 0. The summed E-state index contributed by atoms with van der Waals surface area (Å²) >= 11 is 0. The molecule has 0 saturated carbocycles. The molecule has 12 heavy (non-hydrogen) atoms. The van der Waals surface area contributed by atoms with Crippen LogP contribution in [0.2, 0.25) is 0 Å². The van der Waals surface area contributed by atoms with Crippen molar-refractivity contribution in [2.75, 3.05) is 12.9 Å². The minimum Gasteiger partial charge on any atom is -0.257 e. The molecule has 0 atom stereocenters. The normalized spacial score (nSPS) is 11.0. The second kappa shape index (κ2) is 5.18. The van der Waals surface area contributed by atoms with Crippen molar-refractivity contribution in [1.82, 2.24) is 0 Å². The lowest BCUT2D eigenvalue weighted by molar-refractivity contribution is 0.367. The SMILES string of the molecule is CC(C)CC#CCOS(C)(=O)=O. The van der Waals surface area contributed by atoms with E-state index in [1.54, 1.807) is 0 Å². The second-order valence-corrected chi connectivity index (χ2v) is 4.56. The first kappa shape index (κ1) is 11.5. The van der Waals surface area contributed by atoms with Gasteiger partial charge in [0, 0.05) is 6.42 Å². The highest BCUT2D eigenvalue weighted by Crippen LogP contribution is 1.95. The van der Waals surface area contributed by atoms with E-state index in [9.17, 15) is 8.42 Å². The predicted molar refractivity (Wildman–Crippen MR) is 48.0 cm³/mol. The van der Waals surface area contributed by atoms with Gasteiger partial charge in [-0.2, -0.15) is 8.42 Å². The molecule has 0 rings (SSSR count). The third kappa shape index (κ3) is 9.47. The molecular weight excluding hydrogens is 176 g/mol. The predicted octanol–water partition coefficient (Wildman–Crippen LogP) is 1.01. The first-order chi connectivity index (χ1) is 5.42. The van der Waals surface area contributed by atoms with Gasteiger partial charge in [-0.05, 0) is 5.92 Å². The van der Waals surface area contributed by atoms with Gasteiger partial charge in [-0.1, -0.05) is 19.8 Å². The molecule has 0 spiro atoms. The lowest BCUT2D eigenvalue weighted by Gasteiger charge is -1.94. The van der Waals surface area contributed by atoms with Gasteiger partial charge in [0.2, 0.25) is 0 Å². The maximum Gasteiger partial charge on any atom is 0.265 e. The van der Waals surface area contributed by atoms with E-state index in [1.165, 1.54) is 0 Å². The summed E-state index contributed by atoms with van der Waals surface area (Å²) in [6.45, 7) is 4.06. The van der Waals surface area contributed by atoms with E-state index in [-0.39, 0.29) is 6.61 Å². The molecule has 0 fully saturated rings. The van der Waals surface area contributed by atoms with Crippen molar-refractivity contribution in [2.24, 2.45) is 5.92 Å². The molecule has 0 saturated heterocycles. The molecule has 0 aliphatic carbocycles. The van der Waals surface area contributed by atoms with Crippen LogP contribution in [0.25, 0.3) is 0 Å². The third-order valence-corrected chi connectivity index (χ3v) is 1.53. The summed E-state index contributed by atoms with van der Waals surface area (Å²) in [6.07, 6.45) is 1.78. The summed E-state index contributed by atoms with van der Waals surface area (Å²) < 4.78 is 25.3. The van der Waals surface area contributed by atoms with Crippen LogP contribution in [0, 0.1) is 17.8 Å². The molecule has 0 radical (unpaired) electrons. The molecule has 0 aromatic carbocycles. The van der Waals surface area contributed by atoms with Crippen LogP contribution in [0.1, 0.15) is 20.3 Å². The Hall–Kier alpha value is -0.530. The molecule has 0 heterocycles. The summed E-state index contributed by atoms with van der Waals surface area (Å²) in [7, 11) is -3.33. The van der Waals surface area contributed by atoms with Gasteiger partial charge in [0.05, 0.1) is 6.26 Å². The molecular formula is C8H14O3S. The number of rotatable bonds is 3. The van der Waals surface area contributed by atoms with Crippen molar-refractivity contribution in [3.63, 3.8) is 0 Å². The minimum absolute atomic E-state index is 0.0362. The largest absolute Gasteiger partial charge is 0.265 e. The van der Waals surface area contributed by atoms with Crippen molar-refractivity contribution in [3.05, 3.63) is 0 Å². The summed E-state index contributed by atoms with van der Waals surface area (Å²) in [4.78, 5) is 0. The van der Waals surface area contributed by atoms with Gasteiger partial charge in [-0.25, -0.2) is 0 Å². The lowest BCUT2D eigenvalue weighted by atomic mass is 10.1. The fourth-order valence-corrected chi connectivity index (χ4v) is 0.737. The second-order valence-electron chi connectivity index (χ2n) is 2.92. The molecule has 4 heteroatoms. The van der Waals surface area contributed by atoms with Gasteiger partial charge in [0.15, 0.2) is 0 Å². The van der Waals surface area contributed by atoms with E-state index in [1.807, 2.05) is 13.8 Å². The Morgan fingerprint density at radius 3 is 2.33 bits per heavy atom. The van der Waals surface area contributed by atoms with Gasteiger partial charge in [-0.3, -0.25) is 4.18 Å². The van der Waals surface area contributed by atoms with Crippen molar-refractivity contribution < 1.29 is 12.6 Å². The molecule has 0 N–H and O–H groups in total. The van der Waals surface area contributed by atoms with Crippen LogP contribution in [0.5, 0.6) is 0 Å². The molecule has 0 aromatic heterocycles. The van der Waals surface area contributed by atoms with Crippen molar-refractivity contribution in [1.29, 1.82) is 0 Å². The first-order valence-corrected chi connectivity index (χ1v) is 5.53. The van der Waals surface area contributed by atoms with Crippen LogP contribution in [0.15, 0.2) is 0 Å². The van der Waals surface area contributed by atoms with Gasteiger partial charge < -0.3 is 0 Å². The zero-order valence-corrected chi connectivity index (χ0v) is 8.44. The van der Waals surface area contributed by atoms with E-state index in [2.05, 4.69) is 16.0 Å². The smallest absolute Gasteiger partial charge is 0.257 e. The van der Waals surface area contributed by atoms with E-state index in [0.717, 1.165) is 12.7 Å². The zero-order chi connectivity index (χ0) is 9.61. The maximum absolute atomic E-state index is 10.4. The van der Waals surface area contributed by atoms with Crippen molar-refractivity contribution >= 4 is 10.1 Å². The Morgan fingerprint density at radius 1 is 1.33 bits per heavy atom. The zero-order valence-electron chi connectivity index (χ0n) is 7.62. The van der Waals surface area contributed by atoms with Gasteiger partial charge in [0.1, 0.15) is 6.61 Å². The fourth-order valence-electron chi connectivity index (χ4n) is 0.464. The van der Waals surface area contributed by atoms with Gasteiger partial charge in [-0.15, -0.1) is 5.92 Å². The van der Waals surface area contributed by atoms with Gasteiger partial charge >= 0.3 is 0 Å². The summed E-state index contributed by atoms with van der Waals surface area (Å²) in [5, 5.41) is 0. The van der Waals surface area contributed by atoms with Crippen LogP contribution >= 0.6 is 0 Å². The van der Waals surface area contributed by atoms with Gasteiger partial charge in [0.25, 0.3) is 10.1 Å².